The lowest BCUT2D eigenvalue weighted by Crippen LogP contribution is -2.41. The van der Waals surface area contributed by atoms with Gasteiger partial charge in [0.1, 0.15) is 17.0 Å². The van der Waals surface area contributed by atoms with Gasteiger partial charge in [-0.2, -0.15) is 0 Å². The highest BCUT2D eigenvalue weighted by Gasteiger charge is 2.22. The quantitative estimate of drug-likeness (QED) is 0.395. The van der Waals surface area contributed by atoms with Gasteiger partial charge in [-0.1, -0.05) is 42.1 Å². The number of fused-ring (bicyclic) bond motifs is 1. The Morgan fingerprint density at radius 3 is 2.62 bits per heavy atom. The Morgan fingerprint density at radius 1 is 1.15 bits per heavy atom. The van der Waals surface area contributed by atoms with Crippen LogP contribution < -0.4 is 21.3 Å². The van der Waals surface area contributed by atoms with Crippen molar-refractivity contribution in [3.8, 4) is 11.4 Å². The molecule has 0 aliphatic rings. The monoisotopic (exact) mass is 496 g/mol. The van der Waals surface area contributed by atoms with Gasteiger partial charge in [-0.15, -0.1) is 11.3 Å². The maximum atomic E-state index is 13.5. The third-order valence-electron chi connectivity index (χ3n) is 5.53. The molecule has 0 saturated carbocycles. The molecule has 0 radical (unpaired) electrons. The fourth-order valence-electron chi connectivity index (χ4n) is 3.59. The first-order chi connectivity index (χ1) is 16.3. The molecule has 2 heterocycles. The summed E-state index contributed by atoms with van der Waals surface area (Å²) in [4.78, 5) is 44.1. The number of rotatable bonds is 7. The maximum Gasteiger partial charge on any atom is 0.337 e. The van der Waals surface area contributed by atoms with Crippen molar-refractivity contribution in [1.82, 2.24) is 19.4 Å². The van der Waals surface area contributed by atoms with Crippen LogP contribution in [0.4, 0.5) is 0 Å². The Morgan fingerprint density at radius 2 is 1.91 bits per heavy atom. The van der Waals surface area contributed by atoms with Crippen LogP contribution >= 0.6 is 23.1 Å². The number of nitrogens with one attached hydrogen (secondary N) is 1. The molecule has 0 aliphatic heterocycles. The van der Waals surface area contributed by atoms with Gasteiger partial charge in [-0.25, -0.2) is 14.3 Å². The lowest BCUT2D eigenvalue weighted by atomic mass is 10.1. The van der Waals surface area contributed by atoms with Crippen molar-refractivity contribution in [2.75, 3.05) is 13.4 Å². The minimum Gasteiger partial charge on any atom is -0.495 e. The van der Waals surface area contributed by atoms with Gasteiger partial charge in [0, 0.05) is 6.54 Å². The van der Waals surface area contributed by atoms with Crippen LogP contribution in [0.1, 0.15) is 16.7 Å². The molecule has 2 aromatic carbocycles. The Balaban J connectivity index is 1.76. The molecule has 10 heteroatoms. The highest BCUT2D eigenvalue weighted by atomic mass is 32.2. The molecule has 4 rings (SSSR count). The first kappa shape index (κ1) is 23.8. The number of hydrogen-bond donors (Lipinski definition) is 1. The fraction of sp³-hybridized carbons (Fsp3) is 0.250. The normalized spacial score (nSPS) is 11.1. The van der Waals surface area contributed by atoms with Crippen LogP contribution in [0, 0.1) is 13.8 Å². The van der Waals surface area contributed by atoms with E-state index >= 15 is 0 Å². The van der Waals surface area contributed by atoms with E-state index in [9.17, 15) is 14.4 Å². The van der Waals surface area contributed by atoms with Crippen molar-refractivity contribution in [3.05, 3.63) is 80.0 Å². The van der Waals surface area contributed by atoms with E-state index in [0.717, 1.165) is 15.7 Å². The van der Waals surface area contributed by atoms with Gasteiger partial charge in [0.2, 0.25) is 5.91 Å². The highest BCUT2D eigenvalue weighted by Crippen LogP contribution is 2.26. The summed E-state index contributed by atoms with van der Waals surface area (Å²) in [6.07, 6.45) is 1.84. The number of carbonyl (C=O) groups is 1. The Labute approximate surface area is 204 Å². The zero-order valence-corrected chi connectivity index (χ0v) is 20.9. The van der Waals surface area contributed by atoms with Crippen LogP contribution in [0.15, 0.2) is 56.4 Å². The molecule has 0 spiro atoms. The molecule has 2 aromatic heterocycles. The van der Waals surface area contributed by atoms with Crippen LogP contribution in [-0.4, -0.2) is 33.4 Å². The number of thiazole rings is 1. The molecule has 1 amide bonds. The molecule has 0 bridgehead atoms. The summed E-state index contributed by atoms with van der Waals surface area (Å²) < 4.78 is 8.59. The molecule has 0 saturated heterocycles. The molecule has 0 atom stereocenters. The zero-order valence-electron chi connectivity index (χ0n) is 19.2. The average Bonchev–Trinajstić information content (AvgIpc) is 3.28. The van der Waals surface area contributed by atoms with Gasteiger partial charge in [-0.3, -0.25) is 14.2 Å². The number of amides is 1. The van der Waals surface area contributed by atoms with E-state index in [0.29, 0.717) is 27.0 Å². The van der Waals surface area contributed by atoms with Crippen LogP contribution in [0.5, 0.6) is 5.75 Å². The average molecular weight is 497 g/mol. The number of aromatic nitrogens is 3. The topological polar surface area (TPSA) is 95.2 Å². The maximum absolute atomic E-state index is 13.5. The molecule has 34 heavy (non-hydrogen) atoms. The highest BCUT2D eigenvalue weighted by molar-refractivity contribution is 8.00. The lowest BCUT2D eigenvalue weighted by molar-refractivity contribution is -0.121. The molecule has 0 unspecified atom stereocenters. The van der Waals surface area contributed by atoms with Gasteiger partial charge >= 0.3 is 5.69 Å². The molecular weight excluding hydrogens is 472 g/mol. The predicted octanol–water partition coefficient (Wildman–Crippen LogP) is 3.27. The number of benzene rings is 2. The van der Waals surface area contributed by atoms with Gasteiger partial charge < -0.3 is 10.1 Å². The first-order valence-electron chi connectivity index (χ1n) is 10.5. The number of para-hydroxylation sites is 2. The Kier molecular flexibility index (Phi) is 6.90. The number of hydrogen-bond acceptors (Lipinski definition) is 7. The standard InChI is InChI=1S/C24H24N4O4S2/c1-14-9-10-16(11-15(14)2)12-25-19(29)13-27-21-20(34-23(26-21)33-4)22(30)28(24(27)31)17-7-5-6-8-18(17)32-3/h5-11H,12-13H2,1-4H3,(H,25,29). The van der Waals surface area contributed by atoms with Crippen molar-refractivity contribution in [2.24, 2.45) is 0 Å². The summed E-state index contributed by atoms with van der Waals surface area (Å²) in [5, 5.41) is 2.86. The number of carbonyl (C=O) groups excluding carboxylic acids is 1. The van der Waals surface area contributed by atoms with Crippen molar-refractivity contribution in [1.29, 1.82) is 0 Å². The Hall–Kier alpha value is -3.37. The van der Waals surface area contributed by atoms with Crippen LogP contribution in [0.2, 0.25) is 0 Å². The van der Waals surface area contributed by atoms with Gasteiger partial charge in [0.25, 0.3) is 5.56 Å². The largest absolute Gasteiger partial charge is 0.495 e. The number of thioether (sulfide) groups is 1. The van der Waals surface area contributed by atoms with Gasteiger partial charge in [0.05, 0.1) is 12.8 Å². The van der Waals surface area contributed by atoms with E-state index < -0.39 is 11.2 Å². The molecule has 4 aromatic rings. The molecule has 176 valence electrons. The van der Waals surface area contributed by atoms with Crippen LogP contribution in [0.25, 0.3) is 16.0 Å². The molecule has 0 aliphatic carbocycles. The van der Waals surface area contributed by atoms with E-state index in [1.807, 2.05) is 38.3 Å². The third-order valence-corrected chi connectivity index (χ3v) is 7.55. The second-order valence-electron chi connectivity index (χ2n) is 7.71. The van der Waals surface area contributed by atoms with Crippen molar-refractivity contribution < 1.29 is 9.53 Å². The lowest BCUT2D eigenvalue weighted by Gasteiger charge is -2.14. The molecular formula is C24H24N4O4S2. The smallest absolute Gasteiger partial charge is 0.337 e. The fourth-order valence-corrected chi connectivity index (χ4v) is 5.08. The van der Waals surface area contributed by atoms with Crippen molar-refractivity contribution in [3.63, 3.8) is 0 Å². The minimum atomic E-state index is -0.652. The molecule has 8 nitrogen and oxygen atoms in total. The number of aryl methyl sites for hydroxylation is 2. The summed E-state index contributed by atoms with van der Waals surface area (Å²) in [5.41, 5.74) is 2.65. The first-order valence-corrected chi connectivity index (χ1v) is 12.5. The Bertz CT molecular complexity index is 1500. The van der Waals surface area contributed by atoms with E-state index in [1.165, 1.54) is 40.3 Å². The van der Waals surface area contributed by atoms with E-state index in [4.69, 9.17) is 4.74 Å². The molecule has 0 fully saturated rings. The van der Waals surface area contributed by atoms with E-state index in [-0.39, 0.29) is 18.1 Å². The number of nitrogens with zero attached hydrogens (tertiary/aromatic N) is 3. The second-order valence-corrected chi connectivity index (χ2v) is 9.77. The van der Waals surface area contributed by atoms with Crippen LogP contribution in [0.3, 0.4) is 0 Å². The summed E-state index contributed by atoms with van der Waals surface area (Å²) in [5.74, 6) is 0.0203. The van der Waals surface area contributed by atoms with E-state index in [2.05, 4.69) is 10.3 Å². The van der Waals surface area contributed by atoms with Crippen molar-refractivity contribution >= 4 is 39.4 Å². The summed E-state index contributed by atoms with van der Waals surface area (Å²) in [6, 6.07) is 12.8. The predicted molar refractivity (Wildman–Crippen MR) is 136 cm³/mol. The summed E-state index contributed by atoms with van der Waals surface area (Å²) in [7, 11) is 1.47. The number of ether oxygens (including phenoxy) is 1. The zero-order chi connectivity index (χ0) is 24.4. The van der Waals surface area contributed by atoms with Crippen molar-refractivity contribution in [2.45, 2.75) is 31.3 Å². The second kappa shape index (κ2) is 9.86. The minimum absolute atomic E-state index is 0.205. The van der Waals surface area contributed by atoms with Crippen LogP contribution in [-0.2, 0) is 17.9 Å². The SMILES string of the molecule is COc1ccccc1-n1c(=O)c2sc(SC)nc2n(CC(=O)NCc2ccc(C)c(C)c2)c1=O. The van der Waals surface area contributed by atoms with E-state index in [1.54, 1.807) is 24.3 Å². The number of methoxy groups -OCH3 is 1. The summed E-state index contributed by atoms with van der Waals surface area (Å²) in [6.45, 7) is 4.11. The van der Waals surface area contributed by atoms with Gasteiger partial charge in [-0.05, 0) is 48.9 Å². The summed E-state index contributed by atoms with van der Waals surface area (Å²) >= 11 is 2.57. The molecule has 1 N–H and O–H groups in total. The van der Waals surface area contributed by atoms with Gasteiger partial charge in [0.15, 0.2) is 9.99 Å². The third kappa shape index (κ3) is 4.51.